The molecule has 0 N–H and O–H groups in total. The molecule has 0 radical (unpaired) electrons. The number of aryl methyl sites for hydroxylation is 1. The molecule has 20 heavy (non-hydrogen) atoms. The molecule has 4 nitrogen and oxygen atoms in total. The maximum absolute atomic E-state index is 12.7. The van der Waals surface area contributed by atoms with E-state index < -0.39 is 10.0 Å². The largest absolute Gasteiger partial charge is 0.349 e. The molecule has 2 rings (SSSR count). The summed E-state index contributed by atoms with van der Waals surface area (Å²) in [5.74, 6) is 0.864. The number of alkyl halides is 1. The van der Waals surface area contributed by atoms with Crippen LogP contribution in [-0.4, -0.2) is 30.4 Å². The third-order valence-corrected chi connectivity index (χ3v) is 6.30. The van der Waals surface area contributed by atoms with Gasteiger partial charge < -0.3 is 4.57 Å². The maximum Gasteiger partial charge on any atom is 0.244 e. The second-order valence-electron chi connectivity index (χ2n) is 5.34. The lowest BCUT2D eigenvalue weighted by Gasteiger charge is -2.30. The van der Waals surface area contributed by atoms with E-state index in [1.807, 2.05) is 18.4 Å². The fraction of sp³-hybridized carbons (Fsp3) is 0.714. The van der Waals surface area contributed by atoms with Gasteiger partial charge in [0.25, 0.3) is 0 Å². The molecule has 1 aliphatic rings. The van der Waals surface area contributed by atoms with Gasteiger partial charge in [-0.25, -0.2) is 8.42 Å². The third kappa shape index (κ3) is 3.05. The molecule has 1 aliphatic carbocycles. The van der Waals surface area contributed by atoms with Gasteiger partial charge in [0.2, 0.25) is 10.0 Å². The predicted molar refractivity (Wildman–Crippen MR) is 81.4 cm³/mol. The summed E-state index contributed by atoms with van der Waals surface area (Å²) in [6, 6.07) is 1.70. The Hall–Kier alpha value is -0.520. The molecule has 1 fully saturated rings. The Morgan fingerprint density at radius 1 is 1.40 bits per heavy atom. The highest BCUT2D eigenvalue weighted by Crippen LogP contribution is 2.29. The number of sulfonamides is 1. The maximum atomic E-state index is 12.7. The normalized spacial score (nSPS) is 16.6. The number of aromatic nitrogens is 1. The Morgan fingerprint density at radius 3 is 2.50 bits per heavy atom. The lowest BCUT2D eigenvalue weighted by Crippen LogP contribution is -2.37. The fourth-order valence-electron chi connectivity index (χ4n) is 2.58. The van der Waals surface area contributed by atoms with E-state index in [-0.39, 0.29) is 0 Å². The van der Waals surface area contributed by atoms with Gasteiger partial charge in [-0.2, -0.15) is 4.31 Å². The molecule has 0 atom stereocenters. The van der Waals surface area contributed by atoms with Gasteiger partial charge in [-0.15, -0.1) is 11.6 Å². The zero-order chi connectivity index (χ0) is 14.8. The van der Waals surface area contributed by atoms with Gasteiger partial charge in [-0.3, -0.25) is 0 Å². The quantitative estimate of drug-likeness (QED) is 0.725. The topological polar surface area (TPSA) is 42.3 Å². The van der Waals surface area contributed by atoms with Gasteiger partial charge in [-0.1, -0.05) is 13.3 Å². The standard InChI is InChI=1S/C14H23ClN2O2S/c1-3-16-11-14(8-13(16)9-15)20(18,19)17(4-2)10-12-6-5-7-12/h8,11-12H,3-7,9-10H2,1-2H3. The van der Waals surface area contributed by atoms with E-state index in [0.29, 0.717) is 29.8 Å². The first kappa shape index (κ1) is 15.9. The number of hydrogen-bond acceptors (Lipinski definition) is 2. The van der Waals surface area contributed by atoms with Crippen LogP contribution >= 0.6 is 11.6 Å². The Kier molecular flexibility index (Phi) is 5.15. The molecular formula is C14H23ClN2O2S. The van der Waals surface area contributed by atoms with Crippen LogP contribution < -0.4 is 0 Å². The van der Waals surface area contributed by atoms with Gasteiger partial charge in [-0.05, 0) is 31.7 Å². The van der Waals surface area contributed by atoms with Crippen molar-refractivity contribution >= 4 is 21.6 Å². The Bertz CT molecular complexity index is 528. The van der Waals surface area contributed by atoms with Crippen LogP contribution in [0.5, 0.6) is 0 Å². The number of halogens is 1. The molecule has 1 aromatic heterocycles. The molecule has 1 saturated carbocycles. The zero-order valence-electron chi connectivity index (χ0n) is 12.2. The van der Waals surface area contributed by atoms with Gasteiger partial charge >= 0.3 is 0 Å². The molecule has 0 spiro atoms. The second kappa shape index (κ2) is 6.50. The Balaban J connectivity index is 2.24. The van der Waals surface area contributed by atoms with Crippen molar-refractivity contribution in [2.24, 2.45) is 5.92 Å². The van der Waals surface area contributed by atoms with E-state index >= 15 is 0 Å². The first-order valence-corrected chi connectivity index (χ1v) is 9.25. The Morgan fingerprint density at radius 2 is 2.10 bits per heavy atom. The lowest BCUT2D eigenvalue weighted by atomic mass is 9.85. The highest BCUT2D eigenvalue weighted by molar-refractivity contribution is 7.89. The van der Waals surface area contributed by atoms with E-state index in [4.69, 9.17) is 11.6 Å². The summed E-state index contributed by atoms with van der Waals surface area (Å²) in [6.45, 7) is 5.78. The van der Waals surface area contributed by atoms with Crippen LogP contribution in [-0.2, 0) is 22.4 Å². The highest BCUT2D eigenvalue weighted by atomic mass is 35.5. The number of rotatable bonds is 7. The minimum absolute atomic E-state index is 0.331. The molecule has 6 heteroatoms. The molecule has 0 saturated heterocycles. The van der Waals surface area contributed by atoms with Crippen molar-refractivity contribution in [2.45, 2.75) is 50.4 Å². The van der Waals surface area contributed by atoms with Gasteiger partial charge in [0.05, 0.1) is 5.88 Å². The molecular weight excluding hydrogens is 296 g/mol. The van der Waals surface area contributed by atoms with Crippen LogP contribution in [0, 0.1) is 5.92 Å². The van der Waals surface area contributed by atoms with Crippen molar-refractivity contribution in [2.75, 3.05) is 13.1 Å². The summed E-state index contributed by atoms with van der Waals surface area (Å²) in [5, 5.41) is 0. The van der Waals surface area contributed by atoms with E-state index in [1.165, 1.54) is 6.42 Å². The lowest BCUT2D eigenvalue weighted by molar-refractivity contribution is 0.250. The first-order valence-electron chi connectivity index (χ1n) is 7.28. The number of hydrogen-bond donors (Lipinski definition) is 0. The summed E-state index contributed by atoms with van der Waals surface area (Å²) in [6.07, 6.45) is 5.23. The molecule has 0 aliphatic heterocycles. The smallest absolute Gasteiger partial charge is 0.244 e. The summed E-state index contributed by atoms with van der Waals surface area (Å²) in [5.41, 5.74) is 0.854. The molecule has 0 aromatic carbocycles. The zero-order valence-corrected chi connectivity index (χ0v) is 13.8. The summed E-state index contributed by atoms with van der Waals surface area (Å²) in [7, 11) is -3.39. The van der Waals surface area contributed by atoms with E-state index in [1.54, 1.807) is 16.6 Å². The van der Waals surface area contributed by atoms with Gasteiger partial charge in [0, 0.05) is 31.5 Å². The average Bonchev–Trinajstić information content (AvgIpc) is 2.81. The van der Waals surface area contributed by atoms with Crippen LogP contribution in [0.2, 0.25) is 0 Å². The molecule has 0 unspecified atom stereocenters. The first-order chi connectivity index (χ1) is 9.52. The summed E-state index contributed by atoms with van der Waals surface area (Å²) in [4.78, 5) is 0.371. The van der Waals surface area contributed by atoms with Crippen molar-refractivity contribution in [3.63, 3.8) is 0 Å². The SMILES string of the molecule is CCN(CC1CCC1)S(=O)(=O)c1cc(CCl)n(CC)c1. The van der Waals surface area contributed by atoms with Crippen molar-refractivity contribution < 1.29 is 8.42 Å². The second-order valence-corrected chi connectivity index (χ2v) is 7.54. The van der Waals surface area contributed by atoms with Crippen molar-refractivity contribution in [1.29, 1.82) is 0 Å². The predicted octanol–water partition coefficient (Wildman–Crippen LogP) is 3.06. The van der Waals surface area contributed by atoms with E-state index in [2.05, 4.69) is 0 Å². The van der Waals surface area contributed by atoms with Crippen LogP contribution in [0.3, 0.4) is 0 Å². The highest BCUT2D eigenvalue weighted by Gasteiger charge is 2.29. The Labute approximate surface area is 126 Å². The van der Waals surface area contributed by atoms with Crippen LogP contribution in [0.25, 0.3) is 0 Å². The van der Waals surface area contributed by atoms with Crippen LogP contribution in [0.15, 0.2) is 17.2 Å². The van der Waals surface area contributed by atoms with Crippen LogP contribution in [0.4, 0.5) is 0 Å². The van der Waals surface area contributed by atoms with Gasteiger partial charge in [0.15, 0.2) is 0 Å². The monoisotopic (exact) mass is 318 g/mol. The fourth-order valence-corrected chi connectivity index (χ4v) is 4.40. The van der Waals surface area contributed by atoms with E-state index in [9.17, 15) is 8.42 Å². The van der Waals surface area contributed by atoms with Gasteiger partial charge in [0.1, 0.15) is 4.90 Å². The molecule has 114 valence electrons. The molecule has 0 amide bonds. The summed E-state index contributed by atoms with van der Waals surface area (Å²) >= 11 is 5.87. The van der Waals surface area contributed by atoms with Crippen molar-refractivity contribution in [3.05, 3.63) is 18.0 Å². The minimum Gasteiger partial charge on any atom is -0.349 e. The van der Waals surface area contributed by atoms with Crippen LogP contribution in [0.1, 0.15) is 38.8 Å². The van der Waals surface area contributed by atoms with E-state index in [0.717, 1.165) is 25.1 Å². The number of nitrogens with zero attached hydrogens (tertiary/aromatic N) is 2. The minimum atomic E-state index is -3.39. The third-order valence-electron chi connectivity index (χ3n) is 4.12. The molecule has 0 bridgehead atoms. The average molecular weight is 319 g/mol. The van der Waals surface area contributed by atoms with Crippen molar-refractivity contribution in [1.82, 2.24) is 8.87 Å². The molecule has 1 heterocycles. The molecule has 1 aromatic rings. The summed E-state index contributed by atoms with van der Waals surface area (Å²) < 4.78 is 28.9. The van der Waals surface area contributed by atoms with Crippen molar-refractivity contribution in [3.8, 4) is 0 Å².